The first-order chi connectivity index (χ1) is 7.08. The monoisotopic (exact) mass is 210 g/mol. The Bertz CT molecular complexity index is 217. The third kappa shape index (κ3) is 2.36. The Balaban J connectivity index is 2.01. The Hall–Kier alpha value is -0.0800. The fraction of sp³-hybridized carbons (Fsp3) is 1.00. The van der Waals surface area contributed by atoms with Gasteiger partial charge in [-0.1, -0.05) is 13.8 Å². The van der Waals surface area contributed by atoms with E-state index in [-0.39, 0.29) is 0 Å². The Kier molecular flexibility index (Phi) is 3.36. The highest BCUT2D eigenvalue weighted by Gasteiger charge is 2.37. The van der Waals surface area contributed by atoms with Gasteiger partial charge in [0.25, 0.3) is 0 Å². The number of rotatable bonds is 1. The van der Waals surface area contributed by atoms with Crippen molar-refractivity contribution in [2.75, 3.05) is 6.54 Å². The lowest BCUT2D eigenvalue weighted by Gasteiger charge is -2.40. The molecule has 0 aromatic heterocycles. The van der Waals surface area contributed by atoms with Gasteiger partial charge in [0.05, 0.1) is 0 Å². The van der Waals surface area contributed by atoms with E-state index in [1.165, 1.54) is 32.2 Å². The van der Waals surface area contributed by atoms with E-state index in [0.29, 0.717) is 12.1 Å². The summed E-state index contributed by atoms with van der Waals surface area (Å²) in [7, 11) is 0. The highest BCUT2D eigenvalue weighted by molar-refractivity contribution is 4.93. The molecule has 2 N–H and O–H groups in total. The molecule has 0 spiro atoms. The lowest BCUT2D eigenvalue weighted by Crippen LogP contribution is -2.52. The summed E-state index contributed by atoms with van der Waals surface area (Å²) < 4.78 is 0. The lowest BCUT2D eigenvalue weighted by molar-refractivity contribution is 0.109. The topological polar surface area (TPSA) is 29.3 Å². The zero-order valence-electron chi connectivity index (χ0n) is 10.4. The van der Waals surface area contributed by atoms with Crippen LogP contribution >= 0.6 is 0 Å². The Morgan fingerprint density at radius 2 is 1.73 bits per heavy atom. The maximum atomic E-state index is 6.29. The van der Waals surface area contributed by atoms with Gasteiger partial charge in [-0.25, -0.2) is 0 Å². The molecule has 1 aliphatic carbocycles. The van der Waals surface area contributed by atoms with Crippen molar-refractivity contribution in [2.45, 2.75) is 64.6 Å². The zero-order chi connectivity index (χ0) is 11.0. The van der Waals surface area contributed by atoms with Gasteiger partial charge in [-0.2, -0.15) is 0 Å². The van der Waals surface area contributed by atoms with Crippen LogP contribution in [-0.4, -0.2) is 29.6 Å². The first kappa shape index (κ1) is 11.4. The standard InChI is InChI=1S/C13H26N2/c1-9-4-5-12(14)13(7-9)15-8-10(2)6-11(15)3/h9-13H,4-8,14H2,1-3H3. The number of hydrogen-bond acceptors (Lipinski definition) is 2. The van der Waals surface area contributed by atoms with Crippen molar-refractivity contribution in [3.05, 3.63) is 0 Å². The van der Waals surface area contributed by atoms with E-state index in [4.69, 9.17) is 5.73 Å². The average Bonchev–Trinajstić information content (AvgIpc) is 2.50. The molecular weight excluding hydrogens is 184 g/mol. The second-order valence-corrected chi connectivity index (χ2v) is 6.04. The van der Waals surface area contributed by atoms with Crippen LogP contribution in [0.15, 0.2) is 0 Å². The number of nitrogens with two attached hydrogens (primary N) is 1. The van der Waals surface area contributed by atoms with Gasteiger partial charge in [-0.15, -0.1) is 0 Å². The van der Waals surface area contributed by atoms with Crippen molar-refractivity contribution in [3.63, 3.8) is 0 Å². The minimum atomic E-state index is 0.425. The van der Waals surface area contributed by atoms with Gasteiger partial charge in [0, 0.05) is 24.7 Å². The highest BCUT2D eigenvalue weighted by atomic mass is 15.2. The summed E-state index contributed by atoms with van der Waals surface area (Å²) in [4.78, 5) is 2.69. The molecule has 5 atom stereocenters. The molecule has 1 saturated carbocycles. The van der Waals surface area contributed by atoms with Crippen LogP contribution in [-0.2, 0) is 0 Å². The molecule has 0 amide bonds. The summed E-state index contributed by atoms with van der Waals surface area (Å²) in [6, 6.07) is 1.84. The molecule has 0 bridgehead atoms. The van der Waals surface area contributed by atoms with E-state index in [2.05, 4.69) is 25.7 Å². The van der Waals surface area contributed by atoms with Gasteiger partial charge in [-0.05, 0) is 44.4 Å². The number of likely N-dealkylation sites (tertiary alicyclic amines) is 1. The first-order valence-corrected chi connectivity index (χ1v) is 6.59. The quantitative estimate of drug-likeness (QED) is 0.719. The normalized spacial score (nSPS) is 48.4. The smallest absolute Gasteiger partial charge is 0.0252 e. The molecule has 88 valence electrons. The molecule has 2 nitrogen and oxygen atoms in total. The van der Waals surface area contributed by atoms with Gasteiger partial charge >= 0.3 is 0 Å². The molecule has 15 heavy (non-hydrogen) atoms. The van der Waals surface area contributed by atoms with Crippen molar-refractivity contribution in [1.82, 2.24) is 4.90 Å². The van der Waals surface area contributed by atoms with Gasteiger partial charge in [0.15, 0.2) is 0 Å². The molecule has 2 fully saturated rings. The molecule has 1 aliphatic heterocycles. The Morgan fingerprint density at radius 3 is 2.33 bits per heavy atom. The van der Waals surface area contributed by atoms with E-state index >= 15 is 0 Å². The summed E-state index contributed by atoms with van der Waals surface area (Å²) in [5, 5.41) is 0. The predicted octanol–water partition coefficient (Wildman–Crippen LogP) is 2.23. The van der Waals surface area contributed by atoms with Crippen LogP contribution in [0.3, 0.4) is 0 Å². The molecule has 1 heterocycles. The fourth-order valence-electron chi connectivity index (χ4n) is 3.55. The number of hydrogen-bond donors (Lipinski definition) is 1. The van der Waals surface area contributed by atoms with Crippen molar-refractivity contribution in [1.29, 1.82) is 0 Å². The summed E-state index contributed by atoms with van der Waals surface area (Å²) in [5.74, 6) is 1.74. The van der Waals surface area contributed by atoms with E-state index in [0.717, 1.165) is 17.9 Å². The summed E-state index contributed by atoms with van der Waals surface area (Å²) >= 11 is 0. The number of nitrogens with zero attached hydrogens (tertiary/aromatic N) is 1. The molecule has 2 aliphatic rings. The van der Waals surface area contributed by atoms with Crippen molar-refractivity contribution >= 4 is 0 Å². The van der Waals surface area contributed by atoms with Crippen LogP contribution in [0.1, 0.15) is 46.5 Å². The van der Waals surface area contributed by atoms with Crippen LogP contribution in [0.2, 0.25) is 0 Å². The second kappa shape index (κ2) is 4.42. The third-order valence-corrected chi connectivity index (χ3v) is 4.39. The first-order valence-electron chi connectivity index (χ1n) is 6.59. The van der Waals surface area contributed by atoms with E-state index in [1.54, 1.807) is 0 Å². The average molecular weight is 210 g/mol. The molecule has 2 rings (SSSR count). The van der Waals surface area contributed by atoms with E-state index < -0.39 is 0 Å². The fourth-order valence-corrected chi connectivity index (χ4v) is 3.55. The van der Waals surface area contributed by atoms with E-state index in [9.17, 15) is 0 Å². The predicted molar refractivity (Wildman–Crippen MR) is 64.7 cm³/mol. The minimum absolute atomic E-state index is 0.425. The lowest BCUT2D eigenvalue weighted by atomic mass is 9.83. The van der Waals surface area contributed by atoms with Crippen LogP contribution in [0.25, 0.3) is 0 Å². The van der Waals surface area contributed by atoms with Crippen molar-refractivity contribution in [3.8, 4) is 0 Å². The van der Waals surface area contributed by atoms with Gasteiger partial charge in [-0.3, -0.25) is 4.90 Å². The largest absolute Gasteiger partial charge is 0.326 e. The van der Waals surface area contributed by atoms with Crippen LogP contribution in [0.5, 0.6) is 0 Å². The minimum Gasteiger partial charge on any atom is -0.326 e. The molecule has 0 radical (unpaired) electrons. The molecule has 0 aromatic carbocycles. The SMILES string of the molecule is CC1CCC(N)C(N2CC(C)CC2C)C1. The molecule has 5 unspecified atom stereocenters. The summed E-state index contributed by atoms with van der Waals surface area (Å²) in [6.45, 7) is 8.39. The zero-order valence-corrected chi connectivity index (χ0v) is 10.4. The third-order valence-electron chi connectivity index (χ3n) is 4.39. The summed E-state index contributed by atoms with van der Waals surface area (Å²) in [6.07, 6.45) is 5.23. The summed E-state index contributed by atoms with van der Waals surface area (Å²) in [5.41, 5.74) is 6.29. The maximum Gasteiger partial charge on any atom is 0.0252 e. The molecule has 1 saturated heterocycles. The maximum absolute atomic E-state index is 6.29. The molecule has 0 aromatic rings. The molecule has 2 heteroatoms. The van der Waals surface area contributed by atoms with Gasteiger partial charge < -0.3 is 5.73 Å². The van der Waals surface area contributed by atoms with Crippen LogP contribution < -0.4 is 5.73 Å². The van der Waals surface area contributed by atoms with Crippen molar-refractivity contribution in [2.24, 2.45) is 17.6 Å². The van der Waals surface area contributed by atoms with E-state index in [1.807, 2.05) is 0 Å². The van der Waals surface area contributed by atoms with Gasteiger partial charge in [0.2, 0.25) is 0 Å². The highest BCUT2D eigenvalue weighted by Crippen LogP contribution is 2.33. The van der Waals surface area contributed by atoms with Gasteiger partial charge in [0.1, 0.15) is 0 Å². The Morgan fingerprint density at radius 1 is 1.00 bits per heavy atom. The Labute approximate surface area is 94.2 Å². The van der Waals surface area contributed by atoms with Crippen LogP contribution in [0.4, 0.5) is 0 Å². The molecular formula is C13H26N2. The second-order valence-electron chi connectivity index (χ2n) is 6.04. The van der Waals surface area contributed by atoms with Crippen molar-refractivity contribution < 1.29 is 0 Å². The van der Waals surface area contributed by atoms with Crippen LogP contribution in [0, 0.1) is 11.8 Å².